The maximum absolute atomic E-state index is 10.9. The van der Waals surface area contributed by atoms with Crippen LogP contribution in [0.25, 0.3) is 11.1 Å². The van der Waals surface area contributed by atoms with Gasteiger partial charge in [0.2, 0.25) is 5.75 Å². The van der Waals surface area contributed by atoms with E-state index in [0.29, 0.717) is 22.8 Å². The summed E-state index contributed by atoms with van der Waals surface area (Å²) in [5, 5.41) is 0. The van der Waals surface area contributed by atoms with Crippen LogP contribution < -0.4 is 14.2 Å². The topological polar surface area (TPSA) is 44.8 Å². The average Bonchev–Trinajstić information content (AvgIpc) is 2.53. The standard InChI is InChI=1S/C16H16O4/c1-18-14-8-13(9-15(19-2)16(14)20-3)12-6-4-5-11(7-12)10-17/h4-10H,1-3H3. The van der Waals surface area contributed by atoms with Gasteiger partial charge in [-0.1, -0.05) is 18.2 Å². The molecule has 0 aromatic heterocycles. The van der Waals surface area contributed by atoms with Crippen molar-refractivity contribution in [3.8, 4) is 28.4 Å². The van der Waals surface area contributed by atoms with Gasteiger partial charge in [-0.3, -0.25) is 4.79 Å². The van der Waals surface area contributed by atoms with Crippen LogP contribution in [0.3, 0.4) is 0 Å². The lowest BCUT2D eigenvalue weighted by Crippen LogP contribution is -1.95. The quantitative estimate of drug-likeness (QED) is 0.784. The second-order valence-corrected chi connectivity index (χ2v) is 4.16. The van der Waals surface area contributed by atoms with Gasteiger partial charge in [0.15, 0.2) is 11.5 Å². The van der Waals surface area contributed by atoms with E-state index in [1.807, 2.05) is 30.3 Å². The van der Waals surface area contributed by atoms with Gasteiger partial charge in [0, 0.05) is 5.56 Å². The molecule has 0 aliphatic carbocycles. The summed E-state index contributed by atoms with van der Waals surface area (Å²) in [4.78, 5) is 10.9. The Kier molecular flexibility index (Phi) is 4.25. The van der Waals surface area contributed by atoms with Crippen LogP contribution in [0.4, 0.5) is 0 Å². The molecular weight excluding hydrogens is 256 g/mol. The molecule has 2 aromatic carbocycles. The van der Waals surface area contributed by atoms with Crippen molar-refractivity contribution in [3.05, 3.63) is 42.0 Å². The summed E-state index contributed by atoms with van der Waals surface area (Å²) in [5.74, 6) is 1.71. The van der Waals surface area contributed by atoms with Crippen molar-refractivity contribution < 1.29 is 19.0 Å². The highest BCUT2D eigenvalue weighted by Gasteiger charge is 2.14. The molecule has 0 N–H and O–H groups in total. The molecule has 0 amide bonds. The lowest BCUT2D eigenvalue weighted by Gasteiger charge is -2.14. The van der Waals surface area contributed by atoms with E-state index in [4.69, 9.17) is 14.2 Å². The van der Waals surface area contributed by atoms with E-state index < -0.39 is 0 Å². The minimum Gasteiger partial charge on any atom is -0.493 e. The highest BCUT2D eigenvalue weighted by atomic mass is 16.5. The van der Waals surface area contributed by atoms with Crippen LogP contribution in [-0.4, -0.2) is 27.6 Å². The highest BCUT2D eigenvalue weighted by molar-refractivity contribution is 5.80. The number of hydrogen-bond donors (Lipinski definition) is 0. The van der Waals surface area contributed by atoms with Crippen LogP contribution in [0.1, 0.15) is 10.4 Å². The molecule has 4 heteroatoms. The third-order valence-corrected chi connectivity index (χ3v) is 3.02. The molecule has 104 valence electrons. The first-order chi connectivity index (χ1) is 9.73. The van der Waals surface area contributed by atoms with Crippen molar-refractivity contribution in [3.63, 3.8) is 0 Å². The van der Waals surface area contributed by atoms with Gasteiger partial charge in [0.25, 0.3) is 0 Å². The summed E-state index contributed by atoms with van der Waals surface area (Å²) in [5.41, 5.74) is 2.42. The number of methoxy groups -OCH3 is 3. The molecule has 2 aromatic rings. The first kappa shape index (κ1) is 13.9. The Hall–Kier alpha value is -2.49. The average molecular weight is 272 g/mol. The minimum atomic E-state index is 0.547. The summed E-state index contributed by atoms with van der Waals surface area (Å²) >= 11 is 0. The smallest absolute Gasteiger partial charge is 0.203 e. The Labute approximate surface area is 117 Å². The van der Waals surface area contributed by atoms with Gasteiger partial charge in [0.1, 0.15) is 6.29 Å². The van der Waals surface area contributed by atoms with Crippen LogP contribution in [0.15, 0.2) is 36.4 Å². The normalized spacial score (nSPS) is 9.95. The molecule has 0 unspecified atom stereocenters. The zero-order chi connectivity index (χ0) is 14.5. The molecule has 0 radical (unpaired) electrons. The van der Waals surface area contributed by atoms with Gasteiger partial charge in [-0.25, -0.2) is 0 Å². The predicted octanol–water partition coefficient (Wildman–Crippen LogP) is 3.19. The molecule has 0 saturated carbocycles. The third kappa shape index (κ3) is 2.59. The molecule has 2 rings (SSSR count). The number of ether oxygens (including phenoxy) is 3. The van der Waals surface area contributed by atoms with Crippen molar-refractivity contribution >= 4 is 6.29 Å². The number of aldehydes is 1. The third-order valence-electron chi connectivity index (χ3n) is 3.02. The monoisotopic (exact) mass is 272 g/mol. The van der Waals surface area contributed by atoms with Gasteiger partial charge >= 0.3 is 0 Å². The Morgan fingerprint density at radius 3 is 2.00 bits per heavy atom. The number of hydrogen-bond acceptors (Lipinski definition) is 4. The van der Waals surface area contributed by atoms with E-state index in [0.717, 1.165) is 17.4 Å². The van der Waals surface area contributed by atoms with Gasteiger partial charge in [0.05, 0.1) is 21.3 Å². The summed E-state index contributed by atoms with van der Waals surface area (Å²) < 4.78 is 15.9. The number of carbonyl (C=O) groups excluding carboxylic acids is 1. The number of rotatable bonds is 5. The van der Waals surface area contributed by atoms with Crippen LogP contribution in [0.2, 0.25) is 0 Å². The molecular formula is C16H16O4. The molecule has 0 heterocycles. The lowest BCUT2D eigenvalue weighted by molar-refractivity contribution is 0.112. The van der Waals surface area contributed by atoms with Crippen LogP contribution in [0.5, 0.6) is 17.2 Å². The summed E-state index contributed by atoms with van der Waals surface area (Å²) in [6, 6.07) is 11.0. The zero-order valence-electron chi connectivity index (χ0n) is 11.7. The van der Waals surface area contributed by atoms with Crippen molar-refractivity contribution in [2.75, 3.05) is 21.3 Å². The largest absolute Gasteiger partial charge is 0.493 e. The fourth-order valence-electron chi connectivity index (χ4n) is 2.04. The molecule has 0 aliphatic rings. The summed E-state index contributed by atoms with van der Waals surface area (Å²) in [7, 11) is 4.71. The van der Waals surface area contributed by atoms with E-state index in [-0.39, 0.29) is 0 Å². The minimum absolute atomic E-state index is 0.547. The van der Waals surface area contributed by atoms with Gasteiger partial charge in [-0.15, -0.1) is 0 Å². The van der Waals surface area contributed by atoms with Crippen molar-refractivity contribution in [2.24, 2.45) is 0 Å². The Morgan fingerprint density at radius 2 is 1.50 bits per heavy atom. The zero-order valence-corrected chi connectivity index (χ0v) is 11.7. The lowest BCUT2D eigenvalue weighted by atomic mass is 10.0. The maximum atomic E-state index is 10.9. The Morgan fingerprint density at radius 1 is 0.850 bits per heavy atom. The van der Waals surface area contributed by atoms with Gasteiger partial charge in [-0.05, 0) is 29.3 Å². The first-order valence-corrected chi connectivity index (χ1v) is 6.09. The van der Waals surface area contributed by atoms with Crippen LogP contribution >= 0.6 is 0 Å². The maximum Gasteiger partial charge on any atom is 0.203 e. The number of carbonyl (C=O) groups is 1. The van der Waals surface area contributed by atoms with Gasteiger partial charge < -0.3 is 14.2 Å². The summed E-state index contributed by atoms with van der Waals surface area (Å²) in [6.45, 7) is 0. The molecule has 0 fully saturated rings. The highest BCUT2D eigenvalue weighted by Crippen LogP contribution is 2.41. The van der Waals surface area contributed by atoms with Crippen molar-refractivity contribution in [2.45, 2.75) is 0 Å². The van der Waals surface area contributed by atoms with Crippen molar-refractivity contribution in [1.29, 1.82) is 0 Å². The van der Waals surface area contributed by atoms with E-state index >= 15 is 0 Å². The summed E-state index contributed by atoms with van der Waals surface area (Å²) in [6.07, 6.45) is 0.821. The molecule has 0 spiro atoms. The fourth-order valence-corrected chi connectivity index (χ4v) is 2.04. The van der Waals surface area contributed by atoms with E-state index in [1.54, 1.807) is 27.4 Å². The second kappa shape index (κ2) is 6.10. The molecule has 0 atom stereocenters. The van der Waals surface area contributed by atoms with Crippen molar-refractivity contribution in [1.82, 2.24) is 0 Å². The van der Waals surface area contributed by atoms with E-state index in [1.165, 1.54) is 0 Å². The molecule has 4 nitrogen and oxygen atoms in total. The van der Waals surface area contributed by atoms with Crippen LogP contribution in [-0.2, 0) is 0 Å². The molecule has 0 aliphatic heterocycles. The molecule has 20 heavy (non-hydrogen) atoms. The van der Waals surface area contributed by atoms with E-state index in [2.05, 4.69) is 0 Å². The molecule has 0 bridgehead atoms. The first-order valence-electron chi connectivity index (χ1n) is 6.09. The SMILES string of the molecule is COc1cc(-c2cccc(C=O)c2)cc(OC)c1OC. The Balaban J connectivity index is 2.59. The molecule has 0 saturated heterocycles. The Bertz CT molecular complexity index is 595. The predicted molar refractivity (Wildman–Crippen MR) is 76.9 cm³/mol. The second-order valence-electron chi connectivity index (χ2n) is 4.16. The van der Waals surface area contributed by atoms with Gasteiger partial charge in [-0.2, -0.15) is 0 Å². The fraction of sp³-hybridized carbons (Fsp3) is 0.188. The van der Waals surface area contributed by atoms with E-state index in [9.17, 15) is 4.79 Å². The number of benzene rings is 2. The van der Waals surface area contributed by atoms with Crippen LogP contribution in [0, 0.1) is 0 Å².